The Morgan fingerprint density at radius 3 is 2.29 bits per heavy atom. The molecule has 6 nitrogen and oxygen atoms in total. The lowest BCUT2D eigenvalue weighted by Gasteiger charge is -2.27. The van der Waals surface area contributed by atoms with E-state index in [4.69, 9.17) is 21.1 Å². The van der Waals surface area contributed by atoms with Gasteiger partial charge >= 0.3 is 0 Å². The number of aliphatic hydroxyl groups excluding tert-OH is 1. The van der Waals surface area contributed by atoms with Crippen LogP contribution in [0, 0.1) is 13.8 Å². The molecule has 1 fully saturated rings. The van der Waals surface area contributed by atoms with Crippen molar-refractivity contribution < 1.29 is 24.2 Å². The number of rotatable bonds is 5. The van der Waals surface area contributed by atoms with Crippen LogP contribution in [0.15, 0.2) is 66.2 Å². The van der Waals surface area contributed by atoms with Crippen molar-refractivity contribution in [1.29, 1.82) is 0 Å². The van der Waals surface area contributed by atoms with Crippen molar-refractivity contribution in [1.82, 2.24) is 0 Å². The number of para-hydroxylation sites is 1. The van der Waals surface area contributed by atoms with E-state index in [1.165, 1.54) is 25.2 Å². The van der Waals surface area contributed by atoms with Crippen molar-refractivity contribution in [2.45, 2.75) is 19.9 Å². The zero-order valence-corrected chi connectivity index (χ0v) is 20.0. The highest BCUT2D eigenvalue weighted by atomic mass is 35.5. The van der Waals surface area contributed by atoms with Crippen molar-refractivity contribution in [3.63, 3.8) is 0 Å². The van der Waals surface area contributed by atoms with Crippen LogP contribution in [0.1, 0.15) is 28.3 Å². The first-order valence-corrected chi connectivity index (χ1v) is 11.0. The molecule has 3 aromatic carbocycles. The second-order valence-corrected chi connectivity index (χ2v) is 8.46. The minimum atomic E-state index is -0.929. The Labute approximate surface area is 203 Å². The maximum absolute atomic E-state index is 13.4. The third kappa shape index (κ3) is 3.90. The molecule has 1 atom stereocenters. The molecule has 174 valence electrons. The Balaban J connectivity index is 2.03. The number of hydrogen-bond donors (Lipinski definition) is 1. The molecule has 3 aromatic rings. The number of carbonyl (C=O) groups excluding carboxylic acids is 2. The fraction of sp³-hybridized carbons (Fsp3) is 0.185. The smallest absolute Gasteiger partial charge is 0.300 e. The molecule has 0 radical (unpaired) electrons. The summed E-state index contributed by atoms with van der Waals surface area (Å²) in [5.41, 5.74) is 3.26. The molecule has 34 heavy (non-hydrogen) atoms. The van der Waals surface area contributed by atoms with Crippen molar-refractivity contribution in [3.05, 3.63) is 93.5 Å². The third-order valence-corrected chi connectivity index (χ3v) is 6.30. The summed E-state index contributed by atoms with van der Waals surface area (Å²) >= 11 is 6.18. The van der Waals surface area contributed by atoms with Gasteiger partial charge in [-0.1, -0.05) is 35.9 Å². The van der Waals surface area contributed by atoms with Gasteiger partial charge in [-0.25, -0.2) is 0 Å². The number of amides is 1. The first-order valence-electron chi connectivity index (χ1n) is 10.6. The number of benzene rings is 3. The van der Waals surface area contributed by atoms with Gasteiger partial charge in [-0.3, -0.25) is 14.5 Å². The van der Waals surface area contributed by atoms with E-state index in [1.807, 2.05) is 26.0 Å². The van der Waals surface area contributed by atoms with Crippen LogP contribution in [-0.4, -0.2) is 31.0 Å². The molecule has 7 heteroatoms. The summed E-state index contributed by atoms with van der Waals surface area (Å²) in [6.45, 7) is 3.90. The van der Waals surface area contributed by atoms with Crippen LogP contribution >= 0.6 is 11.6 Å². The standard InChI is InChI=1S/C27H24ClNO5/c1-15-9-11-18(13-16(15)2)29-24(19-7-5-6-8-21(19)33-3)23(26(31)27(29)32)25(30)20-14-17(28)10-12-22(20)34-4/h5-14,24,30H,1-4H3/b25-23+. The zero-order valence-electron chi connectivity index (χ0n) is 19.3. The monoisotopic (exact) mass is 477 g/mol. The normalized spacial score (nSPS) is 17.2. The third-order valence-electron chi connectivity index (χ3n) is 6.06. The van der Waals surface area contributed by atoms with Crippen LogP contribution in [0.2, 0.25) is 5.02 Å². The number of nitrogens with zero attached hydrogens (tertiary/aromatic N) is 1. The lowest BCUT2D eigenvalue weighted by Crippen LogP contribution is -2.29. The number of halogens is 1. The SMILES string of the molecule is COc1ccc(Cl)cc1/C(O)=C1\C(=O)C(=O)N(c2ccc(C)c(C)c2)C1c1ccccc1OC. The molecule has 0 aromatic heterocycles. The minimum Gasteiger partial charge on any atom is -0.507 e. The van der Waals surface area contributed by atoms with Gasteiger partial charge in [-0.05, 0) is 61.4 Å². The Bertz CT molecular complexity index is 1330. The van der Waals surface area contributed by atoms with Crippen molar-refractivity contribution in [2.24, 2.45) is 0 Å². The van der Waals surface area contributed by atoms with Gasteiger partial charge in [0.15, 0.2) is 0 Å². The summed E-state index contributed by atoms with van der Waals surface area (Å²) in [5.74, 6) is -1.14. The molecule has 1 aliphatic heterocycles. The van der Waals surface area contributed by atoms with E-state index in [0.717, 1.165) is 11.1 Å². The van der Waals surface area contributed by atoms with Crippen molar-refractivity contribution >= 4 is 34.7 Å². The molecule has 0 aliphatic carbocycles. The topological polar surface area (TPSA) is 76.1 Å². The highest BCUT2D eigenvalue weighted by Crippen LogP contribution is 2.46. The van der Waals surface area contributed by atoms with Gasteiger partial charge in [0.2, 0.25) is 0 Å². The number of ketones is 1. The second-order valence-electron chi connectivity index (χ2n) is 8.02. The largest absolute Gasteiger partial charge is 0.507 e. The van der Waals surface area contributed by atoms with Crippen LogP contribution in [0.25, 0.3) is 5.76 Å². The van der Waals surface area contributed by atoms with E-state index < -0.39 is 17.7 Å². The van der Waals surface area contributed by atoms with E-state index in [-0.39, 0.29) is 16.9 Å². The molecule has 1 amide bonds. The number of ether oxygens (including phenoxy) is 2. The lowest BCUT2D eigenvalue weighted by molar-refractivity contribution is -0.132. The number of methoxy groups -OCH3 is 2. The fourth-order valence-corrected chi connectivity index (χ4v) is 4.34. The molecule has 0 spiro atoms. The van der Waals surface area contributed by atoms with Gasteiger partial charge < -0.3 is 14.6 Å². The molecule has 0 bridgehead atoms. The van der Waals surface area contributed by atoms with Gasteiger partial charge in [0.1, 0.15) is 17.3 Å². The predicted octanol–water partition coefficient (Wildman–Crippen LogP) is 5.60. The fourth-order valence-electron chi connectivity index (χ4n) is 4.17. The average Bonchev–Trinajstić information content (AvgIpc) is 3.10. The van der Waals surface area contributed by atoms with Crippen LogP contribution in [0.5, 0.6) is 11.5 Å². The molecular weight excluding hydrogens is 454 g/mol. The first-order chi connectivity index (χ1) is 16.3. The average molecular weight is 478 g/mol. The Hall–Kier alpha value is -3.77. The Morgan fingerprint density at radius 1 is 0.912 bits per heavy atom. The van der Waals surface area contributed by atoms with Gasteiger partial charge in [0.05, 0.1) is 31.4 Å². The van der Waals surface area contributed by atoms with Crippen LogP contribution in [-0.2, 0) is 9.59 Å². The van der Waals surface area contributed by atoms with Gasteiger partial charge in [-0.15, -0.1) is 0 Å². The predicted molar refractivity (Wildman–Crippen MR) is 132 cm³/mol. The van der Waals surface area contributed by atoms with Gasteiger partial charge in [-0.2, -0.15) is 0 Å². The quantitative estimate of drug-likeness (QED) is 0.294. The van der Waals surface area contributed by atoms with E-state index in [9.17, 15) is 14.7 Å². The van der Waals surface area contributed by atoms with Crippen LogP contribution in [0.4, 0.5) is 5.69 Å². The molecule has 1 aliphatic rings. The summed E-state index contributed by atoms with van der Waals surface area (Å²) < 4.78 is 10.9. The molecule has 1 saturated heterocycles. The number of Topliss-reactive ketones (excluding diaryl/α,β-unsaturated/α-hetero) is 1. The second kappa shape index (κ2) is 9.23. The maximum Gasteiger partial charge on any atom is 0.300 e. The van der Waals surface area contributed by atoms with Crippen LogP contribution in [0.3, 0.4) is 0 Å². The lowest BCUT2D eigenvalue weighted by atomic mass is 9.94. The van der Waals surface area contributed by atoms with E-state index >= 15 is 0 Å². The van der Waals surface area contributed by atoms with E-state index in [2.05, 4.69) is 0 Å². The Morgan fingerprint density at radius 2 is 1.62 bits per heavy atom. The summed E-state index contributed by atoms with van der Waals surface area (Å²) in [6, 6.07) is 16.4. The van der Waals surface area contributed by atoms with E-state index in [1.54, 1.807) is 42.5 Å². The first kappa shape index (κ1) is 23.4. The summed E-state index contributed by atoms with van der Waals surface area (Å²) in [5, 5.41) is 11.8. The molecule has 1 N–H and O–H groups in total. The number of anilines is 1. The molecular formula is C27H24ClNO5. The molecule has 1 heterocycles. The molecule has 4 rings (SSSR count). The number of aryl methyl sites for hydroxylation is 2. The summed E-state index contributed by atoms with van der Waals surface area (Å²) in [4.78, 5) is 28.2. The molecule has 1 unspecified atom stereocenters. The number of aliphatic hydroxyl groups is 1. The molecule has 0 saturated carbocycles. The number of carbonyl (C=O) groups is 2. The van der Waals surface area contributed by atoms with Crippen LogP contribution < -0.4 is 14.4 Å². The minimum absolute atomic E-state index is 0.0757. The van der Waals surface area contributed by atoms with Crippen molar-refractivity contribution in [2.75, 3.05) is 19.1 Å². The van der Waals surface area contributed by atoms with Gasteiger partial charge in [0, 0.05) is 16.3 Å². The maximum atomic E-state index is 13.4. The van der Waals surface area contributed by atoms with Gasteiger partial charge in [0.25, 0.3) is 11.7 Å². The van der Waals surface area contributed by atoms with E-state index in [0.29, 0.717) is 27.8 Å². The van der Waals surface area contributed by atoms with Crippen molar-refractivity contribution in [3.8, 4) is 11.5 Å². The zero-order chi connectivity index (χ0) is 24.6. The Kier molecular flexibility index (Phi) is 6.35. The summed E-state index contributed by atoms with van der Waals surface area (Å²) in [7, 11) is 2.96. The highest BCUT2D eigenvalue weighted by molar-refractivity contribution is 6.51. The number of hydrogen-bond acceptors (Lipinski definition) is 5. The highest BCUT2D eigenvalue weighted by Gasteiger charge is 2.48. The summed E-state index contributed by atoms with van der Waals surface area (Å²) in [6.07, 6.45) is 0.